The van der Waals surface area contributed by atoms with E-state index in [0.29, 0.717) is 12.8 Å². The first-order chi connectivity index (χ1) is 8.70. The van der Waals surface area contributed by atoms with Gasteiger partial charge in [0.05, 0.1) is 5.60 Å². The third-order valence-corrected chi connectivity index (χ3v) is 2.95. The van der Waals surface area contributed by atoms with Crippen LogP contribution in [0.4, 0.5) is 24.9 Å². The summed E-state index contributed by atoms with van der Waals surface area (Å²) in [7, 11) is 0. The van der Waals surface area contributed by atoms with Crippen LogP contribution in [0.5, 0.6) is 0 Å². The number of nitrogen functional groups attached to an aromatic ring is 1. The van der Waals surface area contributed by atoms with Crippen molar-refractivity contribution in [2.45, 2.75) is 38.5 Å². The van der Waals surface area contributed by atoms with Crippen LogP contribution in [0.3, 0.4) is 0 Å². The van der Waals surface area contributed by atoms with E-state index in [1.807, 2.05) is 0 Å². The molecule has 0 amide bonds. The summed E-state index contributed by atoms with van der Waals surface area (Å²) in [5, 5.41) is 12.7. The fourth-order valence-corrected chi connectivity index (χ4v) is 1.46. The predicted octanol–water partition coefficient (Wildman–Crippen LogP) is 2.04. The van der Waals surface area contributed by atoms with Crippen LogP contribution in [0.15, 0.2) is 6.07 Å². The molecule has 0 spiro atoms. The molecule has 8 heteroatoms. The average Bonchev–Trinajstić information content (AvgIpc) is 2.34. The lowest BCUT2D eigenvalue weighted by molar-refractivity contribution is -0.141. The van der Waals surface area contributed by atoms with E-state index >= 15 is 0 Å². The Morgan fingerprint density at radius 3 is 2.32 bits per heavy atom. The van der Waals surface area contributed by atoms with Crippen molar-refractivity contribution >= 4 is 11.8 Å². The molecule has 5 nitrogen and oxygen atoms in total. The number of rotatable bonds is 5. The molecule has 0 saturated carbocycles. The number of anilines is 2. The van der Waals surface area contributed by atoms with Crippen molar-refractivity contribution < 1.29 is 18.3 Å². The summed E-state index contributed by atoms with van der Waals surface area (Å²) >= 11 is 0. The van der Waals surface area contributed by atoms with Gasteiger partial charge in [0.1, 0.15) is 5.82 Å². The van der Waals surface area contributed by atoms with Gasteiger partial charge in [0.2, 0.25) is 5.95 Å². The first kappa shape index (κ1) is 15.5. The SMILES string of the molecule is CCC(O)(CC)CNc1cc(C(F)(F)F)nc(N)n1. The molecule has 1 aromatic rings. The van der Waals surface area contributed by atoms with E-state index in [1.165, 1.54) is 0 Å². The second-order valence-corrected chi connectivity index (χ2v) is 4.28. The molecule has 1 rings (SSSR count). The van der Waals surface area contributed by atoms with E-state index in [9.17, 15) is 18.3 Å². The number of alkyl halides is 3. The molecule has 0 atom stereocenters. The first-order valence-corrected chi connectivity index (χ1v) is 5.88. The summed E-state index contributed by atoms with van der Waals surface area (Å²) in [4.78, 5) is 6.79. The van der Waals surface area contributed by atoms with Gasteiger partial charge in [-0.2, -0.15) is 18.2 Å². The number of nitrogens with two attached hydrogens (primary N) is 1. The van der Waals surface area contributed by atoms with E-state index in [0.717, 1.165) is 6.07 Å². The first-order valence-electron chi connectivity index (χ1n) is 5.88. The highest BCUT2D eigenvalue weighted by Crippen LogP contribution is 2.29. The molecule has 0 fully saturated rings. The summed E-state index contributed by atoms with van der Waals surface area (Å²) < 4.78 is 37.6. The summed E-state index contributed by atoms with van der Waals surface area (Å²) in [5.41, 5.74) is 3.14. The number of nitrogens with zero attached hydrogens (tertiary/aromatic N) is 2. The maximum atomic E-state index is 12.5. The normalized spacial score (nSPS) is 12.5. The molecular weight excluding hydrogens is 261 g/mol. The Morgan fingerprint density at radius 1 is 1.26 bits per heavy atom. The molecule has 4 N–H and O–H groups in total. The molecule has 0 aliphatic carbocycles. The van der Waals surface area contributed by atoms with E-state index in [1.54, 1.807) is 13.8 Å². The van der Waals surface area contributed by atoms with Gasteiger partial charge in [-0.1, -0.05) is 13.8 Å². The highest BCUT2D eigenvalue weighted by atomic mass is 19.4. The summed E-state index contributed by atoms with van der Waals surface area (Å²) in [5.74, 6) is -0.519. The van der Waals surface area contributed by atoms with E-state index in [4.69, 9.17) is 5.73 Å². The number of nitrogens with one attached hydrogen (secondary N) is 1. The van der Waals surface area contributed by atoms with Crippen molar-refractivity contribution in [3.05, 3.63) is 11.8 Å². The smallest absolute Gasteiger partial charge is 0.388 e. The third-order valence-electron chi connectivity index (χ3n) is 2.95. The second-order valence-electron chi connectivity index (χ2n) is 4.28. The zero-order valence-corrected chi connectivity index (χ0v) is 10.8. The average molecular weight is 278 g/mol. The van der Waals surface area contributed by atoms with Gasteiger partial charge in [-0.15, -0.1) is 0 Å². The topological polar surface area (TPSA) is 84.1 Å². The minimum atomic E-state index is -4.58. The Kier molecular flexibility index (Phi) is 4.56. The van der Waals surface area contributed by atoms with Crippen LogP contribution in [0.1, 0.15) is 32.4 Å². The maximum absolute atomic E-state index is 12.5. The minimum Gasteiger partial charge on any atom is -0.388 e. The van der Waals surface area contributed by atoms with E-state index in [-0.39, 0.29) is 12.4 Å². The van der Waals surface area contributed by atoms with Crippen LogP contribution in [0, 0.1) is 0 Å². The quantitative estimate of drug-likeness (QED) is 0.767. The molecule has 108 valence electrons. The molecule has 0 aliphatic heterocycles. The summed E-state index contributed by atoms with van der Waals surface area (Å²) in [6.07, 6.45) is -3.63. The van der Waals surface area contributed by atoms with Crippen molar-refractivity contribution in [3.63, 3.8) is 0 Å². The largest absolute Gasteiger partial charge is 0.433 e. The lowest BCUT2D eigenvalue weighted by Gasteiger charge is -2.25. The molecule has 0 aliphatic rings. The Hall–Kier alpha value is -1.57. The number of halogens is 3. The van der Waals surface area contributed by atoms with Gasteiger partial charge in [0.25, 0.3) is 0 Å². The summed E-state index contributed by atoms with van der Waals surface area (Å²) in [6.45, 7) is 3.68. The minimum absolute atomic E-state index is 0.0554. The number of hydrogen-bond donors (Lipinski definition) is 3. The Balaban J connectivity index is 2.88. The highest BCUT2D eigenvalue weighted by molar-refractivity contribution is 5.41. The van der Waals surface area contributed by atoms with Crippen molar-refractivity contribution in [1.82, 2.24) is 9.97 Å². The van der Waals surface area contributed by atoms with Crippen LogP contribution in [-0.4, -0.2) is 27.2 Å². The van der Waals surface area contributed by atoms with Crippen molar-refractivity contribution in [1.29, 1.82) is 0 Å². The van der Waals surface area contributed by atoms with Gasteiger partial charge >= 0.3 is 6.18 Å². The van der Waals surface area contributed by atoms with Crippen LogP contribution >= 0.6 is 0 Å². The second kappa shape index (κ2) is 5.60. The van der Waals surface area contributed by atoms with Crippen LogP contribution in [-0.2, 0) is 6.18 Å². The Bertz CT molecular complexity index is 432. The van der Waals surface area contributed by atoms with Crippen molar-refractivity contribution in [2.24, 2.45) is 0 Å². The van der Waals surface area contributed by atoms with Gasteiger partial charge < -0.3 is 16.2 Å². The molecule has 0 saturated heterocycles. The van der Waals surface area contributed by atoms with Gasteiger partial charge in [0, 0.05) is 12.6 Å². The molecule has 19 heavy (non-hydrogen) atoms. The molecular formula is C11H17F3N4O. The fourth-order valence-electron chi connectivity index (χ4n) is 1.46. The van der Waals surface area contributed by atoms with E-state index in [2.05, 4.69) is 15.3 Å². The molecule has 1 heterocycles. The highest BCUT2D eigenvalue weighted by Gasteiger charge is 2.33. The number of aromatic nitrogens is 2. The van der Waals surface area contributed by atoms with Gasteiger partial charge in [0.15, 0.2) is 5.69 Å². The van der Waals surface area contributed by atoms with Gasteiger partial charge in [-0.3, -0.25) is 0 Å². The van der Waals surface area contributed by atoms with Crippen molar-refractivity contribution in [3.8, 4) is 0 Å². The Labute approximate surface area is 109 Å². The van der Waals surface area contributed by atoms with Crippen molar-refractivity contribution in [2.75, 3.05) is 17.6 Å². The zero-order valence-electron chi connectivity index (χ0n) is 10.8. The number of hydrogen-bond acceptors (Lipinski definition) is 5. The summed E-state index contributed by atoms with van der Waals surface area (Å²) in [6, 6.07) is 0.766. The number of aliphatic hydroxyl groups is 1. The molecule has 1 aromatic heterocycles. The monoisotopic (exact) mass is 278 g/mol. The van der Waals surface area contributed by atoms with Crippen LogP contribution in [0.2, 0.25) is 0 Å². The van der Waals surface area contributed by atoms with E-state index < -0.39 is 23.4 Å². The lowest BCUT2D eigenvalue weighted by Crippen LogP contribution is -2.35. The predicted molar refractivity (Wildman–Crippen MR) is 65.5 cm³/mol. The zero-order chi connectivity index (χ0) is 14.7. The third kappa shape index (κ3) is 4.23. The standard InChI is InChI=1S/C11H17F3N4O/c1-3-10(19,4-2)6-16-8-5-7(11(12,13)14)17-9(15)18-8/h5,19H,3-4,6H2,1-2H3,(H3,15,16,17,18). The fraction of sp³-hybridized carbons (Fsp3) is 0.636. The molecule has 0 bridgehead atoms. The molecule has 0 radical (unpaired) electrons. The van der Waals surface area contributed by atoms with Gasteiger partial charge in [-0.05, 0) is 12.8 Å². The Morgan fingerprint density at radius 2 is 1.84 bits per heavy atom. The lowest BCUT2D eigenvalue weighted by atomic mass is 9.98. The molecule has 0 unspecified atom stereocenters. The molecule has 0 aromatic carbocycles. The maximum Gasteiger partial charge on any atom is 0.433 e. The van der Waals surface area contributed by atoms with Crippen LogP contribution < -0.4 is 11.1 Å². The van der Waals surface area contributed by atoms with Crippen LogP contribution in [0.25, 0.3) is 0 Å². The van der Waals surface area contributed by atoms with Gasteiger partial charge in [-0.25, -0.2) is 4.98 Å².